The smallest absolute Gasteiger partial charge is 0.0843 e. The molecule has 80 valence electrons. The summed E-state index contributed by atoms with van der Waals surface area (Å²) in [5, 5.41) is 11.9. The van der Waals surface area contributed by atoms with Crippen LogP contribution in [0.3, 0.4) is 0 Å². The quantitative estimate of drug-likeness (QED) is 0.701. The van der Waals surface area contributed by atoms with Gasteiger partial charge in [0.1, 0.15) is 0 Å². The molecule has 0 aromatic heterocycles. The molecule has 0 radical (unpaired) electrons. The summed E-state index contributed by atoms with van der Waals surface area (Å²) < 4.78 is 0. The van der Waals surface area contributed by atoms with Crippen LogP contribution in [0, 0.1) is 29.1 Å². The van der Waals surface area contributed by atoms with Crippen LogP contribution in [0.2, 0.25) is 0 Å². The minimum atomic E-state index is 0.501. The van der Waals surface area contributed by atoms with E-state index < -0.39 is 0 Å². The van der Waals surface area contributed by atoms with Crippen LogP contribution in [-0.4, -0.2) is 12.6 Å². The first-order chi connectivity index (χ1) is 6.65. The van der Waals surface area contributed by atoms with Crippen molar-refractivity contribution in [2.75, 3.05) is 6.54 Å². The molecule has 1 saturated carbocycles. The summed E-state index contributed by atoms with van der Waals surface area (Å²) in [4.78, 5) is 0. The summed E-state index contributed by atoms with van der Waals surface area (Å²) in [6.07, 6.45) is 3.92. The summed E-state index contributed by atoms with van der Waals surface area (Å²) >= 11 is 0. The van der Waals surface area contributed by atoms with Crippen LogP contribution in [0.5, 0.6) is 0 Å². The lowest BCUT2D eigenvalue weighted by molar-refractivity contribution is 0.174. The average molecular weight is 194 g/mol. The zero-order chi connectivity index (χ0) is 10.6. The van der Waals surface area contributed by atoms with E-state index in [0.717, 1.165) is 17.8 Å². The second-order valence-electron chi connectivity index (χ2n) is 4.97. The van der Waals surface area contributed by atoms with E-state index in [1.54, 1.807) is 0 Å². The second-order valence-corrected chi connectivity index (χ2v) is 4.97. The van der Waals surface area contributed by atoms with Gasteiger partial charge in [-0.15, -0.1) is 0 Å². The Morgan fingerprint density at radius 1 is 1.43 bits per heavy atom. The van der Waals surface area contributed by atoms with Gasteiger partial charge >= 0.3 is 0 Å². The van der Waals surface area contributed by atoms with Gasteiger partial charge in [-0.25, -0.2) is 0 Å². The van der Waals surface area contributed by atoms with E-state index in [-0.39, 0.29) is 0 Å². The van der Waals surface area contributed by atoms with Crippen LogP contribution in [0.4, 0.5) is 0 Å². The fraction of sp³-hybridized carbons (Fsp3) is 0.917. The van der Waals surface area contributed by atoms with Gasteiger partial charge in [0.15, 0.2) is 0 Å². The van der Waals surface area contributed by atoms with Crippen LogP contribution < -0.4 is 5.32 Å². The number of rotatable bonds is 3. The summed E-state index contributed by atoms with van der Waals surface area (Å²) in [7, 11) is 0. The van der Waals surface area contributed by atoms with Crippen LogP contribution in [0.25, 0.3) is 0 Å². The minimum absolute atomic E-state index is 0.501. The summed E-state index contributed by atoms with van der Waals surface area (Å²) in [5.74, 6) is 2.32. The van der Waals surface area contributed by atoms with E-state index in [2.05, 4.69) is 32.2 Å². The predicted octanol–water partition coefficient (Wildman–Crippen LogP) is 2.56. The van der Waals surface area contributed by atoms with Gasteiger partial charge < -0.3 is 5.32 Å². The fourth-order valence-corrected chi connectivity index (χ4v) is 2.61. The van der Waals surface area contributed by atoms with Crippen molar-refractivity contribution in [3.63, 3.8) is 0 Å². The molecule has 1 fully saturated rings. The lowest BCUT2D eigenvalue weighted by atomic mass is 9.74. The first kappa shape index (κ1) is 11.5. The highest BCUT2D eigenvalue weighted by Gasteiger charge is 2.29. The van der Waals surface area contributed by atoms with Crippen molar-refractivity contribution < 1.29 is 0 Å². The van der Waals surface area contributed by atoms with Crippen LogP contribution in [0.15, 0.2) is 0 Å². The van der Waals surface area contributed by atoms with Crippen molar-refractivity contribution in [1.29, 1.82) is 5.26 Å². The maximum atomic E-state index is 8.58. The van der Waals surface area contributed by atoms with E-state index in [0.29, 0.717) is 12.6 Å². The highest BCUT2D eigenvalue weighted by atomic mass is 14.9. The normalized spacial score (nSPS) is 32.9. The maximum absolute atomic E-state index is 8.58. The minimum Gasteiger partial charge on any atom is -0.301 e. The molecule has 3 atom stereocenters. The van der Waals surface area contributed by atoms with Gasteiger partial charge in [0, 0.05) is 6.04 Å². The predicted molar refractivity (Wildman–Crippen MR) is 58.7 cm³/mol. The Morgan fingerprint density at radius 2 is 2.14 bits per heavy atom. The van der Waals surface area contributed by atoms with Crippen LogP contribution in [-0.2, 0) is 0 Å². The topological polar surface area (TPSA) is 35.8 Å². The number of hydrogen-bond acceptors (Lipinski definition) is 2. The standard InChI is InChI=1S/C12H22N2/c1-9(2)11-5-4-10(3)8-12(11)14-7-6-13/h9-12,14H,4-5,7-8H2,1-3H3. The molecule has 1 aliphatic rings. The highest BCUT2D eigenvalue weighted by molar-refractivity contribution is 4.88. The molecule has 0 saturated heterocycles. The number of nitrogens with zero attached hydrogens (tertiary/aromatic N) is 1. The monoisotopic (exact) mass is 194 g/mol. The number of nitrogens with one attached hydrogen (secondary N) is 1. The third kappa shape index (κ3) is 2.99. The molecule has 1 N–H and O–H groups in total. The fourth-order valence-electron chi connectivity index (χ4n) is 2.61. The van der Waals surface area contributed by atoms with Gasteiger partial charge in [0.25, 0.3) is 0 Å². The van der Waals surface area contributed by atoms with E-state index in [1.165, 1.54) is 19.3 Å². The largest absolute Gasteiger partial charge is 0.301 e. The molecule has 0 aliphatic heterocycles. The molecule has 2 nitrogen and oxygen atoms in total. The Balaban J connectivity index is 2.50. The average Bonchev–Trinajstić information content (AvgIpc) is 2.14. The van der Waals surface area contributed by atoms with Crippen molar-refractivity contribution in [1.82, 2.24) is 5.32 Å². The van der Waals surface area contributed by atoms with Crippen molar-refractivity contribution >= 4 is 0 Å². The third-order valence-electron chi connectivity index (χ3n) is 3.47. The lowest BCUT2D eigenvalue weighted by Crippen LogP contribution is -2.42. The zero-order valence-corrected chi connectivity index (χ0v) is 9.59. The van der Waals surface area contributed by atoms with E-state index in [9.17, 15) is 0 Å². The van der Waals surface area contributed by atoms with Gasteiger partial charge in [-0.1, -0.05) is 27.2 Å². The molecular weight excluding hydrogens is 172 g/mol. The van der Waals surface area contributed by atoms with E-state index in [1.807, 2.05) is 0 Å². The number of nitriles is 1. The molecule has 1 rings (SSSR count). The van der Waals surface area contributed by atoms with E-state index >= 15 is 0 Å². The van der Waals surface area contributed by atoms with Gasteiger partial charge in [0.2, 0.25) is 0 Å². The second kappa shape index (κ2) is 5.36. The number of hydrogen-bond donors (Lipinski definition) is 1. The Kier molecular flexibility index (Phi) is 4.41. The summed E-state index contributed by atoms with van der Waals surface area (Å²) in [6, 6.07) is 2.75. The Morgan fingerprint density at radius 3 is 2.71 bits per heavy atom. The Labute approximate surface area is 87.7 Å². The first-order valence-corrected chi connectivity index (χ1v) is 5.75. The van der Waals surface area contributed by atoms with E-state index in [4.69, 9.17) is 5.26 Å². The molecule has 0 spiro atoms. The molecule has 1 aliphatic carbocycles. The van der Waals surface area contributed by atoms with Crippen molar-refractivity contribution in [3.05, 3.63) is 0 Å². The van der Waals surface area contributed by atoms with Gasteiger partial charge in [-0.2, -0.15) is 5.26 Å². The molecule has 2 heteroatoms. The summed E-state index contributed by atoms with van der Waals surface area (Å²) in [6.45, 7) is 7.40. The third-order valence-corrected chi connectivity index (χ3v) is 3.47. The maximum Gasteiger partial charge on any atom is 0.0843 e. The molecular formula is C12H22N2. The molecule has 0 amide bonds. The SMILES string of the molecule is CC1CCC(C(C)C)C(NCC#N)C1. The Hall–Kier alpha value is -0.550. The highest BCUT2D eigenvalue weighted by Crippen LogP contribution is 2.33. The molecule has 14 heavy (non-hydrogen) atoms. The molecule has 0 aromatic rings. The lowest BCUT2D eigenvalue weighted by Gasteiger charge is -2.37. The van der Waals surface area contributed by atoms with Crippen LogP contribution >= 0.6 is 0 Å². The zero-order valence-electron chi connectivity index (χ0n) is 9.59. The Bertz CT molecular complexity index is 205. The van der Waals surface area contributed by atoms with Gasteiger partial charge in [0.05, 0.1) is 12.6 Å². The van der Waals surface area contributed by atoms with Gasteiger partial charge in [-0.05, 0) is 30.6 Å². The summed E-state index contributed by atoms with van der Waals surface area (Å²) in [5.41, 5.74) is 0. The molecule has 0 aromatic carbocycles. The molecule has 3 unspecified atom stereocenters. The van der Waals surface area contributed by atoms with Crippen LogP contribution in [0.1, 0.15) is 40.0 Å². The van der Waals surface area contributed by atoms with Crippen molar-refractivity contribution in [2.24, 2.45) is 17.8 Å². The molecule has 0 heterocycles. The van der Waals surface area contributed by atoms with Crippen molar-refractivity contribution in [3.8, 4) is 6.07 Å². The van der Waals surface area contributed by atoms with Gasteiger partial charge in [-0.3, -0.25) is 0 Å². The molecule has 0 bridgehead atoms. The van der Waals surface area contributed by atoms with Crippen molar-refractivity contribution in [2.45, 2.75) is 46.1 Å². The first-order valence-electron chi connectivity index (χ1n) is 5.75.